The van der Waals surface area contributed by atoms with E-state index in [9.17, 15) is 21.6 Å². The van der Waals surface area contributed by atoms with E-state index in [-0.39, 0.29) is 33.8 Å². The van der Waals surface area contributed by atoms with Gasteiger partial charge in [0, 0.05) is 49.9 Å². The molecule has 3 heterocycles. The van der Waals surface area contributed by atoms with E-state index in [0.29, 0.717) is 30.2 Å². The third-order valence-corrected chi connectivity index (χ3v) is 9.83. The zero-order valence-corrected chi connectivity index (χ0v) is 24.6. The summed E-state index contributed by atoms with van der Waals surface area (Å²) in [5, 5.41) is 10.5. The molecule has 1 amide bonds. The van der Waals surface area contributed by atoms with Crippen LogP contribution in [0.4, 0.5) is 5.13 Å². The number of benzene rings is 1. The topological polar surface area (TPSA) is 157 Å². The third-order valence-electron chi connectivity index (χ3n) is 6.00. The van der Waals surface area contributed by atoms with Gasteiger partial charge >= 0.3 is 10.1 Å². The van der Waals surface area contributed by atoms with Crippen LogP contribution in [0.3, 0.4) is 0 Å². The number of aromatic nitrogens is 4. The quantitative estimate of drug-likeness (QED) is 0.297. The number of rotatable bonds is 12. The number of nitrogens with zero attached hydrogens (tertiary/aromatic N) is 6. The highest BCUT2D eigenvalue weighted by atomic mass is 32.2. The zero-order chi connectivity index (χ0) is 28.8. The Kier molecular flexibility index (Phi) is 9.68. The smallest absolute Gasteiger partial charge is 0.322 e. The van der Waals surface area contributed by atoms with Gasteiger partial charge in [-0.1, -0.05) is 12.1 Å². The van der Waals surface area contributed by atoms with E-state index >= 15 is 0 Å². The van der Waals surface area contributed by atoms with Crippen LogP contribution < -0.4 is 9.50 Å². The summed E-state index contributed by atoms with van der Waals surface area (Å²) in [4.78, 5) is 21.3. The molecule has 1 aliphatic rings. The van der Waals surface area contributed by atoms with Crippen molar-refractivity contribution in [1.29, 1.82) is 0 Å². The molecule has 0 atom stereocenters. The molecular formula is C24H31N7O6S3. The van der Waals surface area contributed by atoms with Gasteiger partial charge in [-0.2, -0.15) is 8.42 Å². The number of sulfone groups is 1. The van der Waals surface area contributed by atoms with Crippen molar-refractivity contribution in [2.24, 2.45) is 7.05 Å². The molecule has 1 aromatic carbocycles. The molecular weight excluding hydrogens is 579 g/mol. The summed E-state index contributed by atoms with van der Waals surface area (Å²) in [6.07, 6.45) is 6.74. The monoisotopic (exact) mass is 609 g/mol. The van der Waals surface area contributed by atoms with E-state index in [1.54, 1.807) is 30.1 Å². The van der Waals surface area contributed by atoms with Gasteiger partial charge in [-0.25, -0.2) is 13.4 Å². The molecule has 0 spiro atoms. The highest BCUT2D eigenvalue weighted by Gasteiger charge is 2.22. The Morgan fingerprint density at radius 3 is 2.65 bits per heavy atom. The minimum atomic E-state index is -3.89. The number of hydrogen-bond donors (Lipinski definition) is 1. The molecule has 1 aliphatic heterocycles. The standard InChI is InChI=1S/C24H31N7O6S3/c1-29-9-11-31(12-10-29)18-40(35,36)37-20-7-5-6-19(14-20)23(32)27-24-25-15-21(38-24)16-39(33,34)13-4-3-8-22-28-26-17-30(22)2/h3,5-8,14-15,17H,4,9-13,16,18H2,1-2H3,(H,25,27,32)/b8-3+. The van der Waals surface area contributed by atoms with E-state index in [2.05, 4.69) is 25.4 Å². The lowest BCUT2D eigenvalue weighted by Crippen LogP contribution is -2.46. The minimum Gasteiger partial charge on any atom is -0.381 e. The third kappa shape index (κ3) is 8.92. The fraction of sp³-hybridized carbons (Fsp3) is 0.417. The number of carbonyl (C=O) groups is 1. The SMILES string of the molecule is CN1CCN(CS(=O)(=O)Oc2cccc(C(=O)Nc3ncc(CS(=O)(=O)CC/C=C/c4nncn4C)s3)c2)CC1. The van der Waals surface area contributed by atoms with Crippen LogP contribution in [0, 0.1) is 0 Å². The van der Waals surface area contributed by atoms with Crippen LogP contribution in [0.2, 0.25) is 0 Å². The van der Waals surface area contributed by atoms with Crippen molar-refractivity contribution in [2.45, 2.75) is 12.2 Å². The molecule has 0 bridgehead atoms. The predicted molar refractivity (Wildman–Crippen MR) is 152 cm³/mol. The molecule has 16 heteroatoms. The number of aryl methyl sites for hydroxylation is 1. The summed E-state index contributed by atoms with van der Waals surface area (Å²) in [5.41, 5.74) is 0.173. The van der Waals surface area contributed by atoms with Gasteiger partial charge < -0.3 is 13.7 Å². The van der Waals surface area contributed by atoms with E-state index in [0.717, 1.165) is 24.4 Å². The van der Waals surface area contributed by atoms with Gasteiger partial charge in [-0.3, -0.25) is 15.0 Å². The summed E-state index contributed by atoms with van der Waals surface area (Å²) in [6, 6.07) is 5.84. The average molecular weight is 610 g/mol. The van der Waals surface area contributed by atoms with E-state index in [1.807, 2.05) is 11.9 Å². The van der Waals surface area contributed by atoms with Crippen molar-refractivity contribution >= 4 is 48.4 Å². The van der Waals surface area contributed by atoms with Gasteiger partial charge in [-0.15, -0.1) is 21.5 Å². The van der Waals surface area contributed by atoms with Crippen LogP contribution >= 0.6 is 11.3 Å². The van der Waals surface area contributed by atoms with Crippen LogP contribution in [0.1, 0.15) is 27.5 Å². The van der Waals surface area contributed by atoms with Crippen molar-refractivity contribution in [1.82, 2.24) is 29.5 Å². The number of piperazine rings is 1. The molecule has 40 heavy (non-hydrogen) atoms. The van der Waals surface area contributed by atoms with Crippen molar-refractivity contribution in [2.75, 3.05) is 50.2 Å². The molecule has 216 valence electrons. The molecule has 1 N–H and O–H groups in total. The molecule has 3 aromatic rings. The maximum Gasteiger partial charge on any atom is 0.322 e. The number of amides is 1. The van der Waals surface area contributed by atoms with Crippen molar-refractivity contribution in [3.05, 3.63) is 59.1 Å². The molecule has 1 fully saturated rings. The summed E-state index contributed by atoms with van der Waals surface area (Å²) in [6.45, 7) is 2.80. The first-order chi connectivity index (χ1) is 19.0. The molecule has 0 saturated carbocycles. The van der Waals surface area contributed by atoms with Gasteiger partial charge in [0.05, 0.1) is 11.5 Å². The Bertz CT molecular complexity index is 1560. The number of nitrogens with one attached hydrogen (secondary N) is 1. The fourth-order valence-corrected chi connectivity index (χ4v) is 7.51. The molecule has 1 saturated heterocycles. The number of anilines is 1. The van der Waals surface area contributed by atoms with Crippen molar-refractivity contribution in [3.63, 3.8) is 0 Å². The summed E-state index contributed by atoms with van der Waals surface area (Å²) in [7, 11) is -3.52. The van der Waals surface area contributed by atoms with Gasteiger partial charge in [0.25, 0.3) is 5.91 Å². The number of likely N-dealkylation sites (N-methyl/N-ethyl adjacent to an activating group) is 1. The molecule has 0 aliphatic carbocycles. The van der Waals surface area contributed by atoms with Crippen LogP contribution in [0.25, 0.3) is 6.08 Å². The van der Waals surface area contributed by atoms with Crippen LogP contribution in [0.5, 0.6) is 5.75 Å². The largest absolute Gasteiger partial charge is 0.381 e. The lowest BCUT2D eigenvalue weighted by Gasteiger charge is -2.31. The highest BCUT2D eigenvalue weighted by molar-refractivity contribution is 7.90. The lowest BCUT2D eigenvalue weighted by molar-refractivity contribution is 0.102. The van der Waals surface area contributed by atoms with Crippen molar-refractivity contribution in [3.8, 4) is 5.75 Å². The number of hydrogen-bond acceptors (Lipinski definition) is 12. The molecule has 2 aromatic heterocycles. The number of thiazole rings is 1. The first-order valence-electron chi connectivity index (χ1n) is 12.4. The Labute approximate surface area is 237 Å². The minimum absolute atomic E-state index is 0.0286. The average Bonchev–Trinajstić information content (AvgIpc) is 3.50. The maximum absolute atomic E-state index is 12.8. The van der Waals surface area contributed by atoms with Crippen LogP contribution in [-0.4, -0.2) is 97.1 Å². The van der Waals surface area contributed by atoms with E-state index in [1.165, 1.54) is 30.5 Å². The van der Waals surface area contributed by atoms with Gasteiger partial charge in [0.15, 0.2) is 20.8 Å². The first kappa shape index (κ1) is 29.8. The van der Waals surface area contributed by atoms with E-state index < -0.39 is 25.9 Å². The Balaban J connectivity index is 1.29. The predicted octanol–water partition coefficient (Wildman–Crippen LogP) is 1.46. The fourth-order valence-electron chi connectivity index (χ4n) is 3.83. The maximum atomic E-state index is 12.8. The first-order valence-corrected chi connectivity index (χ1v) is 16.6. The molecule has 4 rings (SSSR count). The second kappa shape index (κ2) is 13.0. The van der Waals surface area contributed by atoms with Gasteiger partial charge in [0.2, 0.25) is 0 Å². The van der Waals surface area contributed by atoms with Gasteiger partial charge in [0.1, 0.15) is 18.0 Å². The van der Waals surface area contributed by atoms with Crippen molar-refractivity contribution < 1.29 is 25.8 Å². The van der Waals surface area contributed by atoms with E-state index in [4.69, 9.17) is 4.18 Å². The highest BCUT2D eigenvalue weighted by Crippen LogP contribution is 2.23. The zero-order valence-electron chi connectivity index (χ0n) is 22.1. The van der Waals surface area contributed by atoms with Gasteiger partial charge in [-0.05, 0) is 37.7 Å². The molecule has 0 unspecified atom stereocenters. The van der Waals surface area contributed by atoms with Crippen LogP contribution in [-0.2, 0) is 32.8 Å². The Morgan fingerprint density at radius 2 is 1.93 bits per heavy atom. The lowest BCUT2D eigenvalue weighted by atomic mass is 10.2. The second-order valence-electron chi connectivity index (χ2n) is 9.39. The Hall–Kier alpha value is -3.18. The van der Waals surface area contributed by atoms with Crippen LogP contribution in [0.15, 0.2) is 42.9 Å². The number of allylic oxidation sites excluding steroid dienone is 1. The molecule has 0 radical (unpaired) electrons. The normalized spacial score (nSPS) is 15.4. The Morgan fingerprint density at radius 1 is 1.15 bits per heavy atom. The second-order valence-corrected chi connectivity index (χ2v) is 14.2. The summed E-state index contributed by atoms with van der Waals surface area (Å²) < 4.78 is 57.1. The summed E-state index contributed by atoms with van der Waals surface area (Å²) >= 11 is 1.06. The molecule has 13 nitrogen and oxygen atoms in total. The number of carbonyl (C=O) groups excluding carboxylic acids is 1. The summed E-state index contributed by atoms with van der Waals surface area (Å²) in [5.74, 6) is -0.358.